The highest BCUT2D eigenvalue weighted by Gasteiger charge is 2.28. The van der Waals surface area contributed by atoms with Gasteiger partial charge in [0.1, 0.15) is 12.4 Å². The van der Waals surface area contributed by atoms with Crippen LogP contribution in [0.2, 0.25) is 0 Å². The third-order valence-electron chi connectivity index (χ3n) is 1.63. The SMILES string of the molecule is FC(F)(F)OCCOc1cncc(C#CCCl)c1. The third kappa shape index (κ3) is 6.33. The number of rotatable bonds is 4. The van der Waals surface area contributed by atoms with Gasteiger partial charge in [0.05, 0.1) is 18.7 Å². The van der Waals surface area contributed by atoms with Crippen LogP contribution in [0.15, 0.2) is 18.5 Å². The first kappa shape index (κ1) is 14.6. The van der Waals surface area contributed by atoms with E-state index in [-0.39, 0.29) is 12.5 Å². The summed E-state index contributed by atoms with van der Waals surface area (Å²) in [5, 5.41) is 0. The van der Waals surface area contributed by atoms with Gasteiger partial charge in [0.15, 0.2) is 0 Å². The molecule has 7 heteroatoms. The summed E-state index contributed by atoms with van der Waals surface area (Å²) in [5.41, 5.74) is 0.574. The number of pyridine rings is 1. The number of alkyl halides is 4. The van der Waals surface area contributed by atoms with E-state index in [1.54, 1.807) is 6.07 Å². The van der Waals surface area contributed by atoms with Crippen LogP contribution in [0, 0.1) is 11.8 Å². The molecule has 0 atom stereocenters. The van der Waals surface area contributed by atoms with E-state index in [2.05, 4.69) is 21.6 Å². The topological polar surface area (TPSA) is 31.4 Å². The second kappa shape index (κ2) is 7.09. The fourth-order valence-corrected chi connectivity index (χ4v) is 1.09. The molecule has 0 unspecified atom stereocenters. The molecule has 98 valence electrons. The lowest BCUT2D eigenvalue weighted by atomic mass is 10.3. The summed E-state index contributed by atoms with van der Waals surface area (Å²) in [5.74, 6) is 5.85. The molecule has 0 radical (unpaired) electrons. The largest absolute Gasteiger partial charge is 0.522 e. The van der Waals surface area contributed by atoms with Gasteiger partial charge in [-0.15, -0.1) is 24.8 Å². The van der Waals surface area contributed by atoms with Crippen molar-refractivity contribution in [2.24, 2.45) is 0 Å². The molecule has 1 heterocycles. The summed E-state index contributed by atoms with van der Waals surface area (Å²) >= 11 is 5.39. The highest BCUT2D eigenvalue weighted by molar-refractivity contribution is 6.19. The summed E-state index contributed by atoms with van der Waals surface area (Å²) in [6, 6.07) is 1.56. The Balaban J connectivity index is 2.43. The molecule has 0 amide bonds. The van der Waals surface area contributed by atoms with E-state index >= 15 is 0 Å². The summed E-state index contributed by atoms with van der Waals surface area (Å²) < 4.78 is 43.6. The molecule has 0 saturated carbocycles. The average Bonchev–Trinajstić information content (AvgIpc) is 2.31. The minimum absolute atomic E-state index is 0.185. The molecule has 0 fully saturated rings. The highest BCUT2D eigenvalue weighted by Crippen LogP contribution is 2.16. The second-order valence-corrected chi connectivity index (χ2v) is 3.25. The Morgan fingerprint density at radius 2 is 2.06 bits per heavy atom. The van der Waals surface area contributed by atoms with Gasteiger partial charge in [-0.2, -0.15) is 0 Å². The maximum atomic E-state index is 11.7. The van der Waals surface area contributed by atoms with Gasteiger partial charge < -0.3 is 4.74 Å². The molecule has 3 nitrogen and oxygen atoms in total. The number of nitrogens with zero attached hydrogens (tertiary/aromatic N) is 1. The lowest BCUT2D eigenvalue weighted by Gasteiger charge is -2.08. The van der Waals surface area contributed by atoms with E-state index in [1.807, 2.05) is 0 Å². The van der Waals surface area contributed by atoms with Gasteiger partial charge in [-0.3, -0.25) is 9.72 Å². The molecule has 0 spiro atoms. The first-order valence-electron chi connectivity index (χ1n) is 4.84. The summed E-state index contributed by atoms with van der Waals surface area (Å²) in [4.78, 5) is 3.83. The van der Waals surface area contributed by atoms with Gasteiger partial charge in [0, 0.05) is 11.8 Å². The van der Waals surface area contributed by atoms with Crippen molar-refractivity contribution >= 4 is 11.6 Å². The van der Waals surface area contributed by atoms with Crippen molar-refractivity contribution in [3.05, 3.63) is 24.0 Å². The monoisotopic (exact) mass is 279 g/mol. The third-order valence-corrected chi connectivity index (χ3v) is 1.76. The molecule has 1 aromatic heterocycles. The van der Waals surface area contributed by atoms with Crippen LogP contribution in [0.4, 0.5) is 13.2 Å². The zero-order chi connectivity index (χ0) is 13.4. The molecule has 0 aliphatic rings. The van der Waals surface area contributed by atoms with Crippen LogP contribution in [-0.2, 0) is 4.74 Å². The van der Waals surface area contributed by atoms with Gasteiger partial charge in [-0.1, -0.05) is 11.8 Å². The molecule has 18 heavy (non-hydrogen) atoms. The predicted molar refractivity (Wildman–Crippen MR) is 59.3 cm³/mol. The molecule has 1 aromatic rings. The summed E-state index contributed by atoms with van der Waals surface area (Å²) in [6.07, 6.45) is -1.77. The molecule has 1 rings (SSSR count). The maximum absolute atomic E-state index is 11.7. The van der Waals surface area contributed by atoms with Crippen LogP contribution < -0.4 is 4.74 Å². The first-order valence-corrected chi connectivity index (χ1v) is 5.38. The lowest BCUT2D eigenvalue weighted by Crippen LogP contribution is -2.18. The van der Waals surface area contributed by atoms with Crippen molar-refractivity contribution in [2.75, 3.05) is 19.1 Å². The van der Waals surface area contributed by atoms with Crippen molar-refractivity contribution in [3.63, 3.8) is 0 Å². The normalized spacial score (nSPS) is 10.7. The van der Waals surface area contributed by atoms with Gasteiger partial charge in [0.25, 0.3) is 0 Å². The van der Waals surface area contributed by atoms with Gasteiger partial charge in [-0.05, 0) is 6.07 Å². The number of halogens is 4. The number of hydrogen-bond donors (Lipinski definition) is 0. The Bertz CT molecular complexity index is 440. The Morgan fingerprint density at radius 1 is 1.28 bits per heavy atom. The van der Waals surface area contributed by atoms with Crippen molar-refractivity contribution in [1.82, 2.24) is 4.98 Å². The van der Waals surface area contributed by atoms with Crippen molar-refractivity contribution in [1.29, 1.82) is 0 Å². The number of ether oxygens (including phenoxy) is 2. The Labute approximate surface area is 107 Å². The highest BCUT2D eigenvalue weighted by atomic mass is 35.5. The Hall–Kier alpha value is -1.45. The molecule has 0 aromatic carbocycles. The van der Waals surface area contributed by atoms with Crippen molar-refractivity contribution < 1.29 is 22.6 Å². The standard InChI is InChI=1S/C11H9ClF3NO2/c12-3-1-2-9-6-10(8-16-7-9)17-4-5-18-11(13,14)15/h6-8H,3-5H2. The molecule has 0 aliphatic heterocycles. The first-order chi connectivity index (χ1) is 8.51. The van der Waals surface area contributed by atoms with E-state index in [0.29, 0.717) is 11.3 Å². The van der Waals surface area contributed by atoms with E-state index < -0.39 is 13.0 Å². The fraction of sp³-hybridized carbons (Fsp3) is 0.364. The summed E-state index contributed by atoms with van der Waals surface area (Å²) in [6.45, 7) is -0.811. The van der Waals surface area contributed by atoms with Crippen molar-refractivity contribution in [3.8, 4) is 17.6 Å². The quantitative estimate of drug-likeness (QED) is 0.482. The zero-order valence-corrected chi connectivity index (χ0v) is 9.88. The zero-order valence-electron chi connectivity index (χ0n) is 9.13. The molecule has 0 saturated heterocycles. The molecule has 0 N–H and O–H groups in total. The van der Waals surface area contributed by atoms with Gasteiger partial charge >= 0.3 is 6.36 Å². The van der Waals surface area contributed by atoms with E-state index in [0.717, 1.165) is 0 Å². The summed E-state index contributed by atoms with van der Waals surface area (Å²) in [7, 11) is 0. The van der Waals surface area contributed by atoms with Gasteiger partial charge in [0.2, 0.25) is 0 Å². The van der Waals surface area contributed by atoms with Gasteiger partial charge in [-0.25, -0.2) is 0 Å². The van der Waals surface area contributed by atoms with Crippen LogP contribution in [0.1, 0.15) is 5.56 Å². The second-order valence-electron chi connectivity index (χ2n) is 2.99. The minimum atomic E-state index is -4.64. The lowest BCUT2D eigenvalue weighted by molar-refractivity contribution is -0.325. The van der Waals surface area contributed by atoms with Crippen LogP contribution >= 0.6 is 11.6 Å². The van der Waals surface area contributed by atoms with Crippen LogP contribution in [0.25, 0.3) is 0 Å². The smallest absolute Gasteiger partial charge is 0.490 e. The minimum Gasteiger partial charge on any atom is -0.490 e. The van der Waals surface area contributed by atoms with E-state index in [9.17, 15) is 13.2 Å². The molecular formula is C11H9ClF3NO2. The number of hydrogen-bond acceptors (Lipinski definition) is 3. The van der Waals surface area contributed by atoms with Crippen LogP contribution in [0.5, 0.6) is 5.75 Å². The van der Waals surface area contributed by atoms with Crippen LogP contribution in [-0.4, -0.2) is 30.4 Å². The average molecular weight is 280 g/mol. The van der Waals surface area contributed by atoms with Crippen LogP contribution in [0.3, 0.4) is 0 Å². The molecule has 0 aliphatic carbocycles. The van der Waals surface area contributed by atoms with E-state index in [1.165, 1.54) is 12.4 Å². The molecular weight excluding hydrogens is 271 g/mol. The van der Waals surface area contributed by atoms with Crippen molar-refractivity contribution in [2.45, 2.75) is 6.36 Å². The maximum Gasteiger partial charge on any atom is 0.522 e. The molecule has 0 bridgehead atoms. The number of aromatic nitrogens is 1. The Morgan fingerprint density at radius 3 is 2.72 bits per heavy atom. The fourth-order valence-electron chi connectivity index (χ4n) is 1.02. The predicted octanol–water partition coefficient (Wildman–Crippen LogP) is 2.59. The van der Waals surface area contributed by atoms with E-state index in [4.69, 9.17) is 16.3 Å². The Kier molecular flexibility index (Phi) is 5.75.